The third-order valence-corrected chi connectivity index (χ3v) is 14.6. The molecule has 68 heavy (non-hydrogen) atoms. The zero-order valence-electron chi connectivity index (χ0n) is 46.7. The summed E-state index contributed by atoms with van der Waals surface area (Å²) in [7, 11) is 0. The van der Waals surface area contributed by atoms with Gasteiger partial charge in [0, 0.05) is 19.3 Å². The van der Waals surface area contributed by atoms with Crippen LogP contribution in [-0.4, -0.2) is 37.2 Å². The first-order valence-electron chi connectivity index (χ1n) is 30.8. The summed E-state index contributed by atoms with van der Waals surface area (Å²) in [6, 6.07) is 0. The standard InChI is InChI=1S/C62H120O6/c1-6-8-9-10-11-12-32-37-42-47-52-60(63)66-55-59(56-67-61(64)53-48-43-38-33-28-24-21-17-18-22-26-30-35-40-45-50-57(3)4)68-62(65)54-49-44-39-34-29-25-20-16-14-13-15-19-23-27-31-36-41-46-51-58(5)7-2/h57-59H,6-56H2,1-5H3/t58?,59-/m0/s1. The summed E-state index contributed by atoms with van der Waals surface area (Å²) >= 11 is 0. The number of unbranched alkanes of at least 4 members (excludes halogenated alkanes) is 40. The van der Waals surface area contributed by atoms with Crippen molar-refractivity contribution in [1.29, 1.82) is 0 Å². The predicted molar refractivity (Wildman–Crippen MR) is 293 cm³/mol. The van der Waals surface area contributed by atoms with Crippen molar-refractivity contribution in [2.24, 2.45) is 11.8 Å². The van der Waals surface area contributed by atoms with Gasteiger partial charge in [-0.2, -0.15) is 0 Å². The van der Waals surface area contributed by atoms with E-state index in [9.17, 15) is 14.4 Å². The summed E-state index contributed by atoms with van der Waals surface area (Å²) < 4.78 is 16.9. The SMILES string of the molecule is CCCCCCCCCCCCC(=O)OC[C@@H](COC(=O)CCCCCCCCCCCCCCCCCC(C)C)OC(=O)CCCCCCCCCCCCCCCCCCCCC(C)CC. The average Bonchev–Trinajstić information content (AvgIpc) is 3.32. The molecule has 1 unspecified atom stereocenters. The summed E-state index contributed by atoms with van der Waals surface area (Å²) in [5.74, 6) is 0.922. The number of esters is 3. The van der Waals surface area contributed by atoms with Crippen molar-refractivity contribution < 1.29 is 28.6 Å². The van der Waals surface area contributed by atoms with Gasteiger partial charge in [0.05, 0.1) is 0 Å². The van der Waals surface area contributed by atoms with Crippen LogP contribution in [0.5, 0.6) is 0 Å². The zero-order chi connectivity index (χ0) is 49.6. The van der Waals surface area contributed by atoms with Crippen LogP contribution in [0.2, 0.25) is 0 Å². The lowest BCUT2D eigenvalue weighted by atomic mass is 9.99. The fourth-order valence-electron chi connectivity index (χ4n) is 9.55. The van der Waals surface area contributed by atoms with E-state index in [4.69, 9.17) is 14.2 Å². The first kappa shape index (κ1) is 66.4. The van der Waals surface area contributed by atoms with Crippen LogP contribution in [0.15, 0.2) is 0 Å². The summed E-state index contributed by atoms with van der Waals surface area (Å²) in [5, 5.41) is 0. The Kier molecular flexibility index (Phi) is 53.5. The molecule has 6 heteroatoms. The Morgan fingerprint density at radius 1 is 0.309 bits per heavy atom. The Hall–Kier alpha value is -1.59. The highest BCUT2D eigenvalue weighted by atomic mass is 16.6. The van der Waals surface area contributed by atoms with E-state index in [1.165, 1.54) is 238 Å². The van der Waals surface area contributed by atoms with E-state index in [1.54, 1.807) is 0 Å². The molecule has 0 saturated carbocycles. The molecule has 0 fully saturated rings. The fraction of sp³-hybridized carbons (Fsp3) is 0.952. The van der Waals surface area contributed by atoms with Crippen LogP contribution in [0.25, 0.3) is 0 Å². The van der Waals surface area contributed by atoms with E-state index in [-0.39, 0.29) is 31.1 Å². The molecule has 0 aliphatic heterocycles. The van der Waals surface area contributed by atoms with Gasteiger partial charge >= 0.3 is 17.9 Å². The van der Waals surface area contributed by atoms with Gasteiger partial charge in [-0.25, -0.2) is 0 Å². The summed E-state index contributed by atoms with van der Waals surface area (Å²) in [4.78, 5) is 38.1. The monoisotopic (exact) mass is 961 g/mol. The number of carbonyl (C=O) groups is 3. The van der Waals surface area contributed by atoms with Gasteiger partial charge in [-0.1, -0.05) is 311 Å². The third kappa shape index (κ3) is 53.8. The highest BCUT2D eigenvalue weighted by Gasteiger charge is 2.19. The van der Waals surface area contributed by atoms with E-state index < -0.39 is 6.10 Å². The number of ether oxygens (including phenoxy) is 3. The van der Waals surface area contributed by atoms with Gasteiger partial charge in [-0.3, -0.25) is 14.4 Å². The highest BCUT2D eigenvalue weighted by molar-refractivity contribution is 5.71. The van der Waals surface area contributed by atoms with Gasteiger partial charge in [0.1, 0.15) is 13.2 Å². The molecule has 2 atom stereocenters. The van der Waals surface area contributed by atoms with E-state index in [2.05, 4.69) is 34.6 Å². The van der Waals surface area contributed by atoms with Crippen molar-refractivity contribution in [3.8, 4) is 0 Å². The molecule has 0 N–H and O–H groups in total. The Morgan fingerprint density at radius 2 is 0.559 bits per heavy atom. The Morgan fingerprint density at radius 3 is 0.838 bits per heavy atom. The van der Waals surface area contributed by atoms with Gasteiger partial charge in [0.15, 0.2) is 6.10 Å². The van der Waals surface area contributed by atoms with E-state index in [0.717, 1.165) is 69.6 Å². The lowest BCUT2D eigenvalue weighted by Crippen LogP contribution is -2.30. The molecule has 0 aromatic rings. The van der Waals surface area contributed by atoms with Gasteiger partial charge < -0.3 is 14.2 Å². The molecule has 6 nitrogen and oxygen atoms in total. The maximum absolute atomic E-state index is 12.9. The van der Waals surface area contributed by atoms with E-state index in [0.29, 0.717) is 19.3 Å². The van der Waals surface area contributed by atoms with Crippen LogP contribution in [0.4, 0.5) is 0 Å². The number of hydrogen-bond acceptors (Lipinski definition) is 6. The Labute approximate surface area is 425 Å². The summed E-state index contributed by atoms with van der Waals surface area (Å²) in [5.41, 5.74) is 0. The summed E-state index contributed by atoms with van der Waals surface area (Å²) in [6.45, 7) is 11.5. The topological polar surface area (TPSA) is 78.9 Å². The predicted octanol–water partition coefficient (Wildman–Crippen LogP) is 20.4. The van der Waals surface area contributed by atoms with Crippen molar-refractivity contribution in [2.45, 2.75) is 355 Å². The second-order valence-electron chi connectivity index (χ2n) is 22.1. The van der Waals surface area contributed by atoms with Crippen LogP contribution in [0.3, 0.4) is 0 Å². The molecule has 0 bridgehead atoms. The molecule has 0 aliphatic carbocycles. The van der Waals surface area contributed by atoms with Crippen molar-refractivity contribution >= 4 is 17.9 Å². The quantitative estimate of drug-likeness (QED) is 0.0343. The molecule has 0 aliphatic rings. The van der Waals surface area contributed by atoms with Gasteiger partial charge in [0.25, 0.3) is 0 Å². The molecule has 0 saturated heterocycles. The molecule has 0 radical (unpaired) electrons. The molecule has 0 amide bonds. The van der Waals surface area contributed by atoms with Crippen LogP contribution in [0.1, 0.15) is 349 Å². The van der Waals surface area contributed by atoms with E-state index in [1.807, 2.05) is 0 Å². The maximum Gasteiger partial charge on any atom is 0.306 e. The third-order valence-electron chi connectivity index (χ3n) is 14.6. The maximum atomic E-state index is 12.9. The second kappa shape index (κ2) is 54.7. The van der Waals surface area contributed by atoms with Crippen LogP contribution in [0, 0.1) is 11.8 Å². The molecule has 0 aromatic heterocycles. The molecule has 0 heterocycles. The smallest absolute Gasteiger partial charge is 0.306 e. The van der Waals surface area contributed by atoms with Gasteiger partial charge in [0.2, 0.25) is 0 Å². The van der Waals surface area contributed by atoms with Crippen molar-refractivity contribution in [3.63, 3.8) is 0 Å². The largest absolute Gasteiger partial charge is 0.462 e. The lowest BCUT2D eigenvalue weighted by molar-refractivity contribution is -0.167. The first-order chi connectivity index (χ1) is 33.3. The van der Waals surface area contributed by atoms with Crippen LogP contribution in [-0.2, 0) is 28.6 Å². The number of rotatable bonds is 56. The molecule has 404 valence electrons. The minimum atomic E-state index is -0.762. The normalized spacial score (nSPS) is 12.4. The van der Waals surface area contributed by atoms with Crippen LogP contribution >= 0.6 is 0 Å². The molecule has 0 rings (SSSR count). The number of hydrogen-bond donors (Lipinski definition) is 0. The van der Waals surface area contributed by atoms with E-state index >= 15 is 0 Å². The second-order valence-corrected chi connectivity index (χ2v) is 22.1. The van der Waals surface area contributed by atoms with Crippen LogP contribution < -0.4 is 0 Å². The minimum absolute atomic E-state index is 0.0623. The zero-order valence-corrected chi connectivity index (χ0v) is 46.7. The van der Waals surface area contributed by atoms with Gasteiger partial charge in [-0.05, 0) is 31.1 Å². The molecular formula is C62H120O6. The minimum Gasteiger partial charge on any atom is -0.462 e. The molecular weight excluding hydrogens is 841 g/mol. The molecule has 0 aromatic carbocycles. The number of carbonyl (C=O) groups excluding carboxylic acids is 3. The van der Waals surface area contributed by atoms with Crippen molar-refractivity contribution in [1.82, 2.24) is 0 Å². The lowest BCUT2D eigenvalue weighted by Gasteiger charge is -2.18. The average molecular weight is 962 g/mol. The highest BCUT2D eigenvalue weighted by Crippen LogP contribution is 2.19. The Bertz CT molecular complexity index is 1040. The van der Waals surface area contributed by atoms with Crippen molar-refractivity contribution in [2.75, 3.05) is 13.2 Å². The van der Waals surface area contributed by atoms with Crippen molar-refractivity contribution in [3.05, 3.63) is 0 Å². The fourth-order valence-corrected chi connectivity index (χ4v) is 9.55. The Balaban J connectivity index is 4.20. The molecule has 0 spiro atoms. The summed E-state index contributed by atoms with van der Waals surface area (Å²) in [6.07, 6.45) is 59.6. The van der Waals surface area contributed by atoms with Gasteiger partial charge in [-0.15, -0.1) is 0 Å². The first-order valence-corrected chi connectivity index (χ1v) is 30.8.